The van der Waals surface area contributed by atoms with E-state index in [2.05, 4.69) is 20.7 Å². The Labute approximate surface area is 103 Å². The summed E-state index contributed by atoms with van der Waals surface area (Å²) in [7, 11) is -1.74. The molecule has 0 aliphatic heterocycles. The van der Waals surface area contributed by atoms with Gasteiger partial charge in [-0.25, -0.2) is 8.42 Å². The number of rotatable bonds is 4. The topological polar surface area (TPSA) is 55.4 Å². The maximum Gasteiger partial charge on any atom is 0.235 e. The van der Waals surface area contributed by atoms with Crippen molar-refractivity contribution in [3.8, 4) is 5.75 Å². The molecule has 0 saturated heterocycles. The molecule has 1 aromatic rings. The summed E-state index contributed by atoms with van der Waals surface area (Å²) in [6, 6.07) is 5.28. The lowest BCUT2D eigenvalue weighted by atomic mass is 10.3. The Kier molecular flexibility index (Phi) is 3.12. The fourth-order valence-electron chi connectivity index (χ4n) is 1.38. The largest absolute Gasteiger partial charge is 0.495 e. The molecule has 1 saturated carbocycles. The van der Waals surface area contributed by atoms with Crippen LogP contribution in [-0.2, 0) is 10.0 Å². The first-order valence-electron chi connectivity index (χ1n) is 4.89. The first kappa shape index (κ1) is 11.7. The van der Waals surface area contributed by atoms with Crippen LogP contribution in [0.1, 0.15) is 12.8 Å². The average molecular weight is 306 g/mol. The number of hydrogen-bond acceptors (Lipinski definition) is 3. The van der Waals surface area contributed by atoms with Crippen LogP contribution < -0.4 is 9.46 Å². The summed E-state index contributed by atoms with van der Waals surface area (Å²) in [5.41, 5.74) is 0.469. The Bertz CT molecular complexity index is 497. The van der Waals surface area contributed by atoms with E-state index in [1.807, 2.05) is 0 Å². The van der Waals surface area contributed by atoms with E-state index < -0.39 is 10.0 Å². The van der Waals surface area contributed by atoms with Crippen LogP contribution >= 0.6 is 15.9 Å². The fourth-order valence-corrected chi connectivity index (χ4v) is 3.37. The maximum atomic E-state index is 11.8. The smallest absolute Gasteiger partial charge is 0.235 e. The molecule has 1 aliphatic carbocycles. The molecule has 0 unspecified atom stereocenters. The first-order valence-corrected chi connectivity index (χ1v) is 7.22. The number of benzene rings is 1. The van der Waals surface area contributed by atoms with E-state index in [-0.39, 0.29) is 5.25 Å². The molecule has 0 atom stereocenters. The summed E-state index contributed by atoms with van der Waals surface area (Å²) in [6.45, 7) is 0. The predicted molar refractivity (Wildman–Crippen MR) is 66.3 cm³/mol. The van der Waals surface area contributed by atoms with Crippen LogP contribution in [0.4, 0.5) is 5.69 Å². The number of para-hydroxylation sites is 1. The quantitative estimate of drug-likeness (QED) is 0.929. The summed E-state index contributed by atoms with van der Waals surface area (Å²) in [5, 5.41) is -0.246. The Morgan fingerprint density at radius 1 is 1.44 bits per heavy atom. The van der Waals surface area contributed by atoms with E-state index in [0.29, 0.717) is 15.9 Å². The summed E-state index contributed by atoms with van der Waals surface area (Å²) in [4.78, 5) is 0. The average Bonchev–Trinajstić information content (AvgIpc) is 3.04. The molecule has 1 fully saturated rings. The lowest BCUT2D eigenvalue weighted by Crippen LogP contribution is -2.18. The summed E-state index contributed by atoms with van der Waals surface area (Å²) in [6.07, 6.45) is 1.48. The van der Waals surface area contributed by atoms with Crippen molar-refractivity contribution in [2.75, 3.05) is 11.8 Å². The summed E-state index contributed by atoms with van der Waals surface area (Å²) >= 11 is 3.30. The van der Waals surface area contributed by atoms with Gasteiger partial charge in [0, 0.05) is 4.47 Å². The highest BCUT2D eigenvalue weighted by Crippen LogP contribution is 2.36. The van der Waals surface area contributed by atoms with Crippen molar-refractivity contribution in [1.82, 2.24) is 0 Å². The van der Waals surface area contributed by atoms with E-state index in [0.717, 1.165) is 12.8 Å². The maximum absolute atomic E-state index is 11.8. The van der Waals surface area contributed by atoms with E-state index in [1.54, 1.807) is 18.2 Å². The minimum absolute atomic E-state index is 0.246. The van der Waals surface area contributed by atoms with Gasteiger partial charge in [0.15, 0.2) is 0 Å². The van der Waals surface area contributed by atoms with Crippen LogP contribution in [0, 0.1) is 0 Å². The third-order valence-electron chi connectivity index (χ3n) is 2.40. The lowest BCUT2D eigenvalue weighted by Gasteiger charge is -2.12. The van der Waals surface area contributed by atoms with Crippen molar-refractivity contribution in [2.45, 2.75) is 18.1 Å². The standard InChI is InChI=1S/C10H12BrNO3S/c1-15-9-4-2-3-8(11)10(9)12-16(13,14)7-5-6-7/h2-4,7,12H,5-6H2,1H3. The van der Waals surface area contributed by atoms with Gasteiger partial charge in [-0.15, -0.1) is 0 Å². The lowest BCUT2D eigenvalue weighted by molar-refractivity contribution is 0.416. The zero-order valence-corrected chi connectivity index (χ0v) is 11.1. The number of anilines is 1. The van der Waals surface area contributed by atoms with Gasteiger partial charge in [0.2, 0.25) is 10.0 Å². The second-order valence-electron chi connectivity index (χ2n) is 3.66. The Morgan fingerprint density at radius 3 is 2.69 bits per heavy atom. The van der Waals surface area contributed by atoms with Crippen molar-refractivity contribution in [2.24, 2.45) is 0 Å². The van der Waals surface area contributed by atoms with Crippen LogP contribution in [0.5, 0.6) is 5.75 Å². The molecule has 88 valence electrons. The van der Waals surface area contributed by atoms with E-state index in [1.165, 1.54) is 7.11 Å². The number of sulfonamides is 1. The van der Waals surface area contributed by atoms with Gasteiger partial charge in [-0.05, 0) is 40.9 Å². The van der Waals surface area contributed by atoms with Gasteiger partial charge in [-0.3, -0.25) is 4.72 Å². The minimum atomic E-state index is -3.26. The van der Waals surface area contributed by atoms with Crippen molar-refractivity contribution in [1.29, 1.82) is 0 Å². The van der Waals surface area contributed by atoms with Crippen LogP contribution in [0.3, 0.4) is 0 Å². The predicted octanol–water partition coefficient (Wildman–Crippen LogP) is 2.36. The summed E-state index contributed by atoms with van der Waals surface area (Å²) < 4.78 is 32.0. The molecule has 1 N–H and O–H groups in total. The molecule has 16 heavy (non-hydrogen) atoms. The van der Waals surface area contributed by atoms with E-state index >= 15 is 0 Å². The Morgan fingerprint density at radius 2 is 2.12 bits per heavy atom. The molecule has 0 heterocycles. The molecule has 6 heteroatoms. The molecule has 0 bridgehead atoms. The van der Waals surface area contributed by atoms with Crippen LogP contribution in [-0.4, -0.2) is 20.8 Å². The highest BCUT2D eigenvalue weighted by Gasteiger charge is 2.36. The third-order valence-corrected chi connectivity index (χ3v) is 4.90. The molecule has 0 aromatic heterocycles. The molecule has 4 nitrogen and oxygen atoms in total. The van der Waals surface area contributed by atoms with Crippen molar-refractivity contribution in [3.63, 3.8) is 0 Å². The monoisotopic (exact) mass is 305 g/mol. The molecule has 2 rings (SSSR count). The van der Waals surface area contributed by atoms with Crippen LogP contribution in [0.25, 0.3) is 0 Å². The third kappa shape index (κ3) is 2.32. The molecule has 0 amide bonds. The number of nitrogens with one attached hydrogen (secondary N) is 1. The normalized spacial score (nSPS) is 15.9. The van der Waals surface area contributed by atoms with E-state index in [9.17, 15) is 8.42 Å². The second kappa shape index (κ2) is 4.25. The molecular formula is C10H12BrNO3S. The van der Waals surface area contributed by atoms with Gasteiger partial charge in [0.1, 0.15) is 11.4 Å². The zero-order chi connectivity index (χ0) is 11.8. The first-order chi connectivity index (χ1) is 7.54. The Balaban J connectivity index is 2.33. The molecular weight excluding hydrogens is 294 g/mol. The number of hydrogen-bond donors (Lipinski definition) is 1. The van der Waals surface area contributed by atoms with Gasteiger partial charge in [0.05, 0.1) is 12.4 Å². The van der Waals surface area contributed by atoms with Crippen molar-refractivity contribution >= 4 is 31.6 Å². The Hall–Kier alpha value is -0.750. The number of ether oxygens (including phenoxy) is 1. The highest BCUT2D eigenvalue weighted by atomic mass is 79.9. The zero-order valence-electron chi connectivity index (χ0n) is 8.73. The fraction of sp³-hybridized carbons (Fsp3) is 0.400. The second-order valence-corrected chi connectivity index (χ2v) is 6.48. The van der Waals surface area contributed by atoms with E-state index in [4.69, 9.17) is 4.74 Å². The van der Waals surface area contributed by atoms with Gasteiger partial charge in [0.25, 0.3) is 0 Å². The van der Waals surface area contributed by atoms with Crippen molar-refractivity contribution in [3.05, 3.63) is 22.7 Å². The van der Waals surface area contributed by atoms with Crippen molar-refractivity contribution < 1.29 is 13.2 Å². The highest BCUT2D eigenvalue weighted by molar-refractivity contribution is 9.10. The minimum Gasteiger partial charge on any atom is -0.495 e. The van der Waals surface area contributed by atoms with Crippen LogP contribution in [0.15, 0.2) is 22.7 Å². The summed E-state index contributed by atoms with van der Waals surface area (Å²) in [5.74, 6) is 0.513. The molecule has 0 radical (unpaired) electrons. The SMILES string of the molecule is COc1cccc(Br)c1NS(=O)(=O)C1CC1. The van der Waals surface area contributed by atoms with Gasteiger partial charge in [-0.1, -0.05) is 6.07 Å². The van der Waals surface area contributed by atoms with Crippen LogP contribution in [0.2, 0.25) is 0 Å². The molecule has 1 aromatic carbocycles. The molecule has 0 spiro atoms. The van der Waals surface area contributed by atoms with Gasteiger partial charge >= 0.3 is 0 Å². The number of methoxy groups -OCH3 is 1. The molecule has 1 aliphatic rings. The van der Waals surface area contributed by atoms with Gasteiger partial charge < -0.3 is 4.74 Å². The number of halogens is 1. The van der Waals surface area contributed by atoms with Gasteiger partial charge in [-0.2, -0.15) is 0 Å².